The van der Waals surface area contributed by atoms with Gasteiger partial charge in [0.1, 0.15) is 0 Å². The first kappa shape index (κ1) is 7.10. The summed E-state index contributed by atoms with van der Waals surface area (Å²) in [5, 5.41) is 11.9. The Morgan fingerprint density at radius 3 is 2.36 bits per heavy atom. The minimum atomic E-state index is 0.652. The van der Waals surface area contributed by atoms with Gasteiger partial charge in [-0.1, -0.05) is 5.16 Å². The molecule has 2 aliphatic heterocycles. The smallest absolute Gasteiger partial charge is 0.0601 e. The SMILES string of the molecule is CN1[C@H]2CC[C@H]1CC(=NO)C2. The molecular weight excluding hydrogens is 140 g/mol. The zero-order chi connectivity index (χ0) is 7.84. The fourth-order valence-electron chi connectivity index (χ4n) is 2.29. The van der Waals surface area contributed by atoms with E-state index < -0.39 is 0 Å². The quantitative estimate of drug-likeness (QED) is 0.418. The van der Waals surface area contributed by atoms with Crippen molar-refractivity contribution in [2.75, 3.05) is 7.05 Å². The number of piperidine rings is 1. The molecule has 0 saturated carbocycles. The summed E-state index contributed by atoms with van der Waals surface area (Å²) in [6.45, 7) is 0. The minimum absolute atomic E-state index is 0.652. The molecule has 11 heavy (non-hydrogen) atoms. The lowest BCUT2D eigenvalue weighted by atomic mass is 10.0. The van der Waals surface area contributed by atoms with Crippen LogP contribution in [0, 0.1) is 0 Å². The molecule has 0 radical (unpaired) electrons. The molecule has 0 aromatic heterocycles. The van der Waals surface area contributed by atoms with Gasteiger partial charge in [0.05, 0.1) is 5.71 Å². The number of nitrogens with zero attached hydrogens (tertiary/aromatic N) is 2. The predicted octanol–water partition coefficient (Wildman–Crippen LogP) is 1.07. The minimum Gasteiger partial charge on any atom is -0.411 e. The Balaban J connectivity index is 2.14. The van der Waals surface area contributed by atoms with Gasteiger partial charge in [-0.25, -0.2) is 0 Å². The second-order valence-corrected chi connectivity index (χ2v) is 3.62. The van der Waals surface area contributed by atoms with Crippen molar-refractivity contribution < 1.29 is 5.21 Å². The molecule has 1 N–H and O–H groups in total. The van der Waals surface area contributed by atoms with Gasteiger partial charge in [-0.05, 0) is 19.9 Å². The molecule has 2 atom stereocenters. The zero-order valence-corrected chi connectivity index (χ0v) is 6.82. The van der Waals surface area contributed by atoms with Gasteiger partial charge in [-0.15, -0.1) is 0 Å². The third kappa shape index (κ3) is 1.03. The maximum atomic E-state index is 8.61. The summed E-state index contributed by atoms with van der Waals surface area (Å²) < 4.78 is 0. The topological polar surface area (TPSA) is 35.8 Å². The van der Waals surface area contributed by atoms with E-state index in [4.69, 9.17) is 5.21 Å². The molecule has 0 aliphatic carbocycles. The summed E-state index contributed by atoms with van der Waals surface area (Å²) in [5.41, 5.74) is 0.996. The zero-order valence-electron chi connectivity index (χ0n) is 6.82. The van der Waals surface area contributed by atoms with E-state index in [2.05, 4.69) is 17.1 Å². The number of hydrogen-bond donors (Lipinski definition) is 1. The van der Waals surface area contributed by atoms with Gasteiger partial charge in [0.2, 0.25) is 0 Å². The Bertz CT molecular complexity index is 175. The highest BCUT2D eigenvalue weighted by atomic mass is 16.4. The molecule has 0 aromatic rings. The highest BCUT2D eigenvalue weighted by Crippen LogP contribution is 2.32. The summed E-state index contributed by atoms with van der Waals surface area (Å²) in [6.07, 6.45) is 4.51. The van der Waals surface area contributed by atoms with Gasteiger partial charge in [-0.3, -0.25) is 4.90 Å². The van der Waals surface area contributed by atoms with E-state index >= 15 is 0 Å². The van der Waals surface area contributed by atoms with Crippen molar-refractivity contribution in [1.29, 1.82) is 0 Å². The van der Waals surface area contributed by atoms with Gasteiger partial charge in [-0.2, -0.15) is 0 Å². The largest absolute Gasteiger partial charge is 0.411 e. The average molecular weight is 154 g/mol. The van der Waals surface area contributed by atoms with E-state index in [0.717, 1.165) is 18.6 Å². The van der Waals surface area contributed by atoms with Crippen molar-refractivity contribution in [2.45, 2.75) is 37.8 Å². The molecule has 2 fully saturated rings. The van der Waals surface area contributed by atoms with Crippen LogP contribution < -0.4 is 0 Å². The van der Waals surface area contributed by atoms with Crippen LogP contribution in [0.25, 0.3) is 0 Å². The molecule has 2 rings (SSSR count). The van der Waals surface area contributed by atoms with Gasteiger partial charge in [0.25, 0.3) is 0 Å². The van der Waals surface area contributed by atoms with Gasteiger partial charge >= 0.3 is 0 Å². The lowest BCUT2D eigenvalue weighted by Gasteiger charge is -2.31. The maximum Gasteiger partial charge on any atom is 0.0601 e. The van der Waals surface area contributed by atoms with Crippen LogP contribution in [0.5, 0.6) is 0 Å². The van der Waals surface area contributed by atoms with Crippen molar-refractivity contribution in [3.63, 3.8) is 0 Å². The Labute approximate surface area is 66.7 Å². The summed E-state index contributed by atoms with van der Waals surface area (Å²) in [5.74, 6) is 0. The Kier molecular flexibility index (Phi) is 1.60. The van der Waals surface area contributed by atoms with Crippen molar-refractivity contribution in [2.24, 2.45) is 5.16 Å². The van der Waals surface area contributed by atoms with Crippen LogP contribution in [0.4, 0.5) is 0 Å². The van der Waals surface area contributed by atoms with Gasteiger partial charge in [0, 0.05) is 24.9 Å². The lowest BCUT2D eigenvalue weighted by molar-refractivity contribution is 0.223. The molecule has 0 spiro atoms. The van der Waals surface area contributed by atoms with Gasteiger partial charge < -0.3 is 5.21 Å². The van der Waals surface area contributed by atoms with Crippen molar-refractivity contribution >= 4 is 5.71 Å². The molecule has 0 amide bonds. The first-order chi connectivity index (χ1) is 5.31. The van der Waals surface area contributed by atoms with Crippen LogP contribution in [-0.4, -0.2) is 35.0 Å². The summed E-state index contributed by atoms with van der Waals surface area (Å²) in [7, 11) is 2.18. The normalized spacial score (nSPS) is 37.7. The monoisotopic (exact) mass is 154 g/mol. The molecule has 0 unspecified atom stereocenters. The van der Waals surface area contributed by atoms with Crippen molar-refractivity contribution in [3.8, 4) is 0 Å². The molecule has 62 valence electrons. The highest BCUT2D eigenvalue weighted by molar-refractivity contribution is 5.86. The van der Waals surface area contributed by atoms with E-state index in [9.17, 15) is 0 Å². The van der Waals surface area contributed by atoms with E-state index in [0.29, 0.717) is 12.1 Å². The Morgan fingerprint density at radius 2 is 1.91 bits per heavy atom. The van der Waals surface area contributed by atoms with Crippen LogP contribution in [0.1, 0.15) is 25.7 Å². The lowest BCUT2D eigenvalue weighted by Crippen LogP contribution is -2.40. The first-order valence-corrected chi connectivity index (χ1v) is 4.23. The molecule has 3 nitrogen and oxygen atoms in total. The van der Waals surface area contributed by atoms with E-state index in [1.807, 2.05) is 0 Å². The number of oxime groups is 1. The van der Waals surface area contributed by atoms with Crippen molar-refractivity contribution in [1.82, 2.24) is 4.90 Å². The first-order valence-electron chi connectivity index (χ1n) is 4.23. The van der Waals surface area contributed by atoms with Crippen LogP contribution in [-0.2, 0) is 0 Å². The standard InChI is InChI=1S/C8H14N2O/c1-10-7-2-3-8(10)5-6(4-7)9-11/h7-8,11H,2-5H2,1H3/t7-,8-/m0/s1. The molecule has 2 aliphatic rings. The predicted molar refractivity (Wildman–Crippen MR) is 43.0 cm³/mol. The van der Waals surface area contributed by atoms with Crippen LogP contribution in [0.2, 0.25) is 0 Å². The van der Waals surface area contributed by atoms with Crippen LogP contribution in [0.3, 0.4) is 0 Å². The van der Waals surface area contributed by atoms with Crippen molar-refractivity contribution in [3.05, 3.63) is 0 Å². The van der Waals surface area contributed by atoms with Gasteiger partial charge in [0.15, 0.2) is 0 Å². The fraction of sp³-hybridized carbons (Fsp3) is 0.875. The third-order valence-corrected chi connectivity index (χ3v) is 3.07. The third-order valence-electron chi connectivity index (χ3n) is 3.07. The van der Waals surface area contributed by atoms with E-state index in [1.54, 1.807) is 0 Å². The second-order valence-electron chi connectivity index (χ2n) is 3.62. The fourth-order valence-corrected chi connectivity index (χ4v) is 2.29. The molecular formula is C8H14N2O. The second kappa shape index (κ2) is 2.48. The summed E-state index contributed by atoms with van der Waals surface area (Å²) in [4.78, 5) is 2.43. The highest BCUT2D eigenvalue weighted by Gasteiger charge is 2.36. The van der Waals surface area contributed by atoms with Crippen LogP contribution >= 0.6 is 0 Å². The molecule has 3 heteroatoms. The molecule has 2 saturated heterocycles. The van der Waals surface area contributed by atoms with E-state index in [1.165, 1.54) is 12.8 Å². The summed E-state index contributed by atoms with van der Waals surface area (Å²) >= 11 is 0. The number of hydrogen-bond acceptors (Lipinski definition) is 3. The van der Waals surface area contributed by atoms with E-state index in [-0.39, 0.29) is 0 Å². The molecule has 2 heterocycles. The number of rotatable bonds is 0. The maximum absolute atomic E-state index is 8.61. The molecule has 0 aromatic carbocycles. The summed E-state index contributed by atoms with van der Waals surface area (Å²) in [6, 6.07) is 1.30. The van der Waals surface area contributed by atoms with Crippen LogP contribution in [0.15, 0.2) is 5.16 Å². The average Bonchev–Trinajstić information content (AvgIpc) is 2.26. The number of fused-ring (bicyclic) bond motifs is 2. The Hall–Kier alpha value is -0.570. The molecule has 2 bridgehead atoms. The Morgan fingerprint density at radius 1 is 1.36 bits per heavy atom.